The van der Waals surface area contributed by atoms with E-state index in [1.807, 2.05) is 39.0 Å². The number of carbonyl (C=O) groups is 2. The van der Waals surface area contributed by atoms with Gasteiger partial charge in [-0.15, -0.1) is 0 Å². The van der Waals surface area contributed by atoms with Gasteiger partial charge in [0.15, 0.2) is 0 Å². The van der Waals surface area contributed by atoms with Crippen LogP contribution in [0.4, 0.5) is 5.69 Å². The largest absolute Gasteiger partial charge is 0.507 e. The summed E-state index contributed by atoms with van der Waals surface area (Å²) in [5.74, 6) is -0.970. The summed E-state index contributed by atoms with van der Waals surface area (Å²) in [4.78, 5) is 32.1. The van der Waals surface area contributed by atoms with Gasteiger partial charge in [0.2, 0.25) is 0 Å². The summed E-state index contributed by atoms with van der Waals surface area (Å²) in [6, 6.07) is 13.6. The smallest absolute Gasteiger partial charge is 0.300 e. The Bertz CT molecular complexity index is 1250. The number of aliphatic hydroxyl groups is 1. The molecule has 1 unspecified atom stereocenters. The van der Waals surface area contributed by atoms with Crippen LogP contribution < -0.4 is 9.64 Å². The second-order valence-electron chi connectivity index (χ2n) is 7.93. The van der Waals surface area contributed by atoms with Crippen LogP contribution in [0.15, 0.2) is 66.5 Å². The number of aromatic nitrogens is 1. The Morgan fingerprint density at radius 1 is 1.03 bits per heavy atom. The highest BCUT2D eigenvalue weighted by Gasteiger charge is 2.47. The molecule has 3 aromatic rings. The van der Waals surface area contributed by atoms with Gasteiger partial charge in [-0.2, -0.15) is 0 Å². The first-order valence-corrected chi connectivity index (χ1v) is 10.3. The summed E-state index contributed by atoms with van der Waals surface area (Å²) >= 11 is 0. The summed E-state index contributed by atoms with van der Waals surface area (Å²) in [5, 5.41) is 11.2. The number of aryl methyl sites for hydroxylation is 3. The first-order chi connectivity index (χ1) is 15.3. The molecule has 162 valence electrons. The van der Waals surface area contributed by atoms with E-state index in [1.165, 1.54) is 4.90 Å². The molecule has 4 rings (SSSR count). The van der Waals surface area contributed by atoms with Crippen molar-refractivity contribution >= 4 is 23.1 Å². The predicted octanol–water partition coefficient (Wildman–Crippen LogP) is 4.64. The van der Waals surface area contributed by atoms with Crippen molar-refractivity contribution in [2.45, 2.75) is 26.8 Å². The van der Waals surface area contributed by atoms with E-state index in [2.05, 4.69) is 4.98 Å². The number of Topliss-reactive ketones (excluding diaryl/α,β-unsaturated/α-hetero) is 1. The van der Waals surface area contributed by atoms with E-state index < -0.39 is 17.7 Å². The molecular formula is C26H24N2O4. The average Bonchev–Trinajstić information content (AvgIpc) is 3.06. The topological polar surface area (TPSA) is 79.7 Å². The number of amides is 1. The average molecular weight is 428 g/mol. The fourth-order valence-corrected chi connectivity index (χ4v) is 4.09. The van der Waals surface area contributed by atoms with E-state index in [4.69, 9.17) is 4.74 Å². The molecule has 0 aliphatic carbocycles. The number of nitrogens with zero attached hydrogens (tertiary/aromatic N) is 2. The molecule has 0 bridgehead atoms. The third-order valence-electron chi connectivity index (χ3n) is 5.74. The Morgan fingerprint density at radius 2 is 1.81 bits per heavy atom. The molecule has 32 heavy (non-hydrogen) atoms. The lowest BCUT2D eigenvalue weighted by molar-refractivity contribution is -0.132. The zero-order valence-corrected chi connectivity index (χ0v) is 18.4. The maximum absolute atomic E-state index is 13.3. The minimum Gasteiger partial charge on any atom is -0.507 e. The number of pyridine rings is 1. The second-order valence-corrected chi connectivity index (χ2v) is 7.93. The van der Waals surface area contributed by atoms with Gasteiger partial charge >= 0.3 is 0 Å². The van der Waals surface area contributed by atoms with Crippen LogP contribution in [-0.2, 0) is 9.59 Å². The molecule has 1 aliphatic rings. The first-order valence-electron chi connectivity index (χ1n) is 10.3. The SMILES string of the molecule is COc1ccc(/C(O)=C2/C(=O)C(=O)N(c3cc(C)ccc3C)C2c2cccnc2)cc1C. The van der Waals surface area contributed by atoms with Crippen molar-refractivity contribution < 1.29 is 19.4 Å². The number of ether oxygens (including phenoxy) is 1. The Balaban J connectivity index is 1.96. The van der Waals surface area contributed by atoms with E-state index >= 15 is 0 Å². The standard InChI is InChI=1S/C26H24N2O4/c1-15-7-8-16(2)20(12-15)28-23(19-6-5-11-27-14-19)22(25(30)26(28)31)24(29)18-9-10-21(32-4)17(3)13-18/h5-14,23,29H,1-4H3/b24-22-. The molecule has 1 fully saturated rings. The molecular weight excluding hydrogens is 404 g/mol. The fraction of sp³-hybridized carbons (Fsp3) is 0.192. The zero-order valence-electron chi connectivity index (χ0n) is 18.4. The molecule has 1 aliphatic heterocycles. The molecule has 1 N–H and O–H groups in total. The predicted molar refractivity (Wildman–Crippen MR) is 123 cm³/mol. The molecule has 6 nitrogen and oxygen atoms in total. The normalized spacial score (nSPS) is 17.6. The highest BCUT2D eigenvalue weighted by molar-refractivity contribution is 6.51. The molecule has 6 heteroatoms. The number of anilines is 1. The van der Waals surface area contributed by atoms with E-state index in [9.17, 15) is 14.7 Å². The Labute approximate surface area is 186 Å². The zero-order chi connectivity index (χ0) is 23.0. The minimum absolute atomic E-state index is 0.0356. The number of carbonyl (C=O) groups excluding carboxylic acids is 2. The molecule has 1 amide bonds. The molecule has 1 atom stereocenters. The molecule has 0 spiro atoms. The van der Waals surface area contributed by atoms with Crippen molar-refractivity contribution in [2.75, 3.05) is 12.0 Å². The molecule has 0 saturated carbocycles. The first kappa shape index (κ1) is 21.3. The highest BCUT2D eigenvalue weighted by atomic mass is 16.5. The number of aliphatic hydroxyl groups excluding tert-OH is 1. The lowest BCUT2D eigenvalue weighted by Gasteiger charge is -2.27. The van der Waals surface area contributed by atoms with Crippen molar-refractivity contribution in [3.8, 4) is 5.75 Å². The van der Waals surface area contributed by atoms with Crippen molar-refractivity contribution in [2.24, 2.45) is 0 Å². The number of hydrogen-bond acceptors (Lipinski definition) is 5. The number of methoxy groups -OCH3 is 1. The van der Waals surface area contributed by atoms with Gasteiger partial charge in [0, 0.05) is 23.6 Å². The second kappa shape index (κ2) is 8.30. The van der Waals surface area contributed by atoms with Crippen LogP contribution in [0.3, 0.4) is 0 Å². The summed E-state index contributed by atoms with van der Waals surface area (Å²) < 4.78 is 5.30. The Hall–Kier alpha value is -3.93. The van der Waals surface area contributed by atoms with Gasteiger partial charge in [-0.05, 0) is 73.4 Å². The van der Waals surface area contributed by atoms with Crippen LogP contribution in [0.25, 0.3) is 5.76 Å². The molecule has 0 radical (unpaired) electrons. The third-order valence-corrected chi connectivity index (χ3v) is 5.74. The van der Waals surface area contributed by atoms with E-state index in [0.717, 1.165) is 16.7 Å². The molecule has 2 heterocycles. The molecule has 1 saturated heterocycles. The summed E-state index contributed by atoms with van der Waals surface area (Å²) in [6.07, 6.45) is 3.24. The number of ketones is 1. The summed E-state index contributed by atoms with van der Waals surface area (Å²) in [5.41, 5.74) is 4.36. The quantitative estimate of drug-likeness (QED) is 0.372. The molecule has 2 aromatic carbocycles. The van der Waals surface area contributed by atoms with Crippen molar-refractivity contribution in [1.29, 1.82) is 0 Å². The van der Waals surface area contributed by atoms with E-state index in [1.54, 1.807) is 49.8 Å². The van der Waals surface area contributed by atoms with Crippen LogP contribution in [0.5, 0.6) is 5.75 Å². The van der Waals surface area contributed by atoms with Crippen LogP contribution in [-0.4, -0.2) is 28.9 Å². The van der Waals surface area contributed by atoms with Crippen LogP contribution in [0.2, 0.25) is 0 Å². The van der Waals surface area contributed by atoms with Gasteiger partial charge in [-0.25, -0.2) is 0 Å². The minimum atomic E-state index is -0.799. The van der Waals surface area contributed by atoms with Gasteiger partial charge in [-0.1, -0.05) is 18.2 Å². The maximum Gasteiger partial charge on any atom is 0.300 e. The van der Waals surface area contributed by atoms with Crippen LogP contribution >= 0.6 is 0 Å². The van der Waals surface area contributed by atoms with Crippen molar-refractivity contribution in [3.05, 3.63) is 94.3 Å². The monoisotopic (exact) mass is 428 g/mol. The number of benzene rings is 2. The van der Waals surface area contributed by atoms with Gasteiger partial charge in [0.1, 0.15) is 11.5 Å². The van der Waals surface area contributed by atoms with Crippen LogP contribution in [0, 0.1) is 20.8 Å². The van der Waals surface area contributed by atoms with Gasteiger partial charge < -0.3 is 9.84 Å². The van der Waals surface area contributed by atoms with Gasteiger partial charge in [0.05, 0.1) is 18.7 Å². The summed E-state index contributed by atoms with van der Waals surface area (Å²) in [6.45, 7) is 5.67. The summed E-state index contributed by atoms with van der Waals surface area (Å²) in [7, 11) is 1.57. The van der Waals surface area contributed by atoms with Gasteiger partial charge in [0.25, 0.3) is 11.7 Å². The lowest BCUT2D eigenvalue weighted by Crippen LogP contribution is -2.30. The van der Waals surface area contributed by atoms with Crippen molar-refractivity contribution in [3.63, 3.8) is 0 Å². The Kier molecular flexibility index (Phi) is 5.53. The fourth-order valence-electron chi connectivity index (χ4n) is 4.09. The van der Waals surface area contributed by atoms with Crippen LogP contribution in [0.1, 0.15) is 33.9 Å². The number of rotatable bonds is 4. The number of hydrogen-bond donors (Lipinski definition) is 1. The lowest BCUT2D eigenvalue weighted by atomic mass is 9.95. The van der Waals surface area contributed by atoms with Crippen molar-refractivity contribution in [1.82, 2.24) is 4.98 Å². The van der Waals surface area contributed by atoms with E-state index in [0.29, 0.717) is 22.6 Å². The van der Waals surface area contributed by atoms with Gasteiger partial charge in [-0.3, -0.25) is 19.5 Å². The Morgan fingerprint density at radius 3 is 2.47 bits per heavy atom. The third kappa shape index (κ3) is 3.54. The molecule has 1 aromatic heterocycles. The highest BCUT2D eigenvalue weighted by Crippen LogP contribution is 2.43. The van der Waals surface area contributed by atoms with E-state index in [-0.39, 0.29) is 11.3 Å². The maximum atomic E-state index is 13.3.